The van der Waals surface area contributed by atoms with E-state index in [0.29, 0.717) is 17.9 Å². The fraction of sp³-hybridized carbons (Fsp3) is 0.429. The molecule has 2 aromatic carbocycles. The highest BCUT2D eigenvalue weighted by Gasteiger charge is 2.44. The maximum absolute atomic E-state index is 5.86. The van der Waals surface area contributed by atoms with Crippen LogP contribution in [0.4, 0.5) is 0 Å². The summed E-state index contributed by atoms with van der Waals surface area (Å²) in [5.41, 5.74) is 4.06. The van der Waals surface area contributed by atoms with Gasteiger partial charge in [0, 0.05) is 31.2 Å². The van der Waals surface area contributed by atoms with Crippen molar-refractivity contribution >= 4 is 0 Å². The number of benzene rings is 2. The Kier molecular flexibility index (Phi) is 4.30. The topological polar surface area (TPSA) is 30.5 Å². The molecule has 3 heteroatoms. The van der Waals surface area contributed by atoms with Crippen molar-refractivity contribution in [1.29, 1.82) is 0 Å². The van der Waals surface area contributed by atoms with E-state index in [9.17, 15) is 0 Å². The summed E-state index contributed by atoms with van der Waals surface area (Å²) in [4.78, 5) is 0. The lowest BCUT2D eigenvalue weighted by molar-refractivity contribution is 0.0634. The van der Waals surface area contributed by atoms with Crippen molar-refractivity contribution in [2.45, 2.75) is 30.9 Å². The Labute approximate surface area is 144 Å². The molecule has 1 N–H and O–H groups in total. The van der Waals surface area contributed by atoms with Crippen LogP contribution in [-0.2, 0) is 11.2 Å². The fourth-order valence-electron chi connectivity index (χ4n) is 4.61. The molecule has 2 aromatic rings. The van der Waals surface area contributed by atoms with Gasteiger partial charge in [0.2, 0.25) is 0 Å². The normalized spacial score (nSPS) is 28.2. The van der Waals surface area contributed by atoms with Gasteiger partial charge in [-0.05, 0) is 36.0 Å². The van der Waals surface area contributed by atoms with Crippen LogP contribution in [0.2, 0.25) is 0 Å². The predicted octanol–water partition coefficient (Wildman–Crippen LogP) is 3.70. The minimum Gasteiger partial charge on any atom is -0.496 e. The number of fused-ring (bicyclic) bond motifs is 3. The largest absolute Gasteiger partial charge is 0.496 e. The maximum Gasteiger partial charge on any atom is 0.124 e. The Balaban J connectivity index is 1.65. The average Bonchev–Trinajstić information content (AvgIpc) is 3.04. The maximum atomic E-state index is 5.86. The molecule has 4 unspecified atom stereocenters. The summed E-state index contributed by atoms with van der Waals surface area (Å²) in [5, 5.41) is 3.77. The van der Waals surface area contributed by atoms with Gasteiger partial charge in [-0.3, -0.25) is 0 Å². The van der Waals surface area contributed by atoms with Crippen LogP contribution in [0.25, 0.3) is 0 Å². The molecule has 3 nitrogen and oxygen atoms in total. The van der Waals surface area contributed by atoms with E-state index in [1.165, 1.54) is 16.7 Å². The molecule has 0 amide bonds. The molecule has 0 spiro atoms. The Morgan fingerprint density at radius 3 is 2.62 bits per heavy atom. The zero-order chi connectivity index (χ0) is 16.5. The fourth-order valence-corrected chi connectivity index (χ4v) is 4.61. The van der Waals surface area contributed by atoms with Gasteiger partial charge in [-0.25, -0.2) is 0 Å². The summed E-state index contributed by atoms with van der Waals surface area (Å²) in [7, 11) is 3.56. The van der Waals surface area contributed by atoms with E-state index >= 15 is 0 Å². The highest BCUT2D eigenvalue weighted by atomic mass is 16.5. The van der Waals surface area contributed by atoms with Gasteiger partial charge in [0.05, 0.1) is 13.2 Å². The summed E-state index contributed by atoms with van der Waals surface area (Å²) in [6, 6.07) is 17.7. The molecule has 1 fully saturated rings. The van der Waals surface area contributed by atoms with Gasteiger partial charge in [-0.2, -0.15) is 0 Å². The monoisotopic (exact) mass is 323 g/mol. The Hall–Kier alpha value is -1.84. The van der Waals surface area contributed by atoms with E-state index in [-0.39, 0.29) is 6.10 Å². The number of hydrogen-bond acceptors (Lipinski definition) is 3. The molecule has 1 aliphatic carbocycles. The van der Waals surface area contributed by atoms with Crippen LogP contribution in [0, 0.1) is 5.92 Å². The van der Waals surface area contributed by atoms with Gasteiger partial charge in [0.15, 0.2) is 0 Å². The molecule has 0 bridgehead atoms. The van der Waals surface area contributed by atoms with Crippen LogP contribution in [0.5, 0.6) is 5.75 Å². The first-order valence-corrected chi connectivity index (χ1v) is 8.78. The van der Waals surface area contributed by atoms with Crippen LogP contribution < -0.4 is 10.1 Å². The lowest BCUT2D eigenvalue weighted by atomic mass is 9.72. The SMILES string of the molecule is COc1cccc2c1C(OC)CC1C(Cc3ccccc3)NCC21. The first kappa shape index (κ1) is 15.7. The average molecular weight is 323 g/mol. The van der Waals surface area contributed by atoms with Gasteiger partial charge in [-0.1, -0.05) is 42.5 Å². The number of rotatable bonds is 4. The van der Waals surface area contributed by atoms with E-state index in [2.05, 4.69) is 53.8 Å². The lowest BCUT2D eigenvalue weighted by Crippen LogP contribution is -2.32. The second kappa shape index (κ2) is 6.58. The summed E-state index contributed by atoms with van der Waals surface area (Å²) < 4.78 is 11.5. The minimum atomic E-state index is 0.121. The van der Waals surface area contributed by atoms with Crippen LogP contribution >= 0.6 is 0 Å². The van der Waals surface area contributed by atoms with Crippen molar-refractivity contribution in [3.8, 4) is 5.75 Å². The molecule has 2 aliphatic rings. The number of methoxy groups -OCH3 is 2. The molecule has 4 atom stereocenters. The second-order valence-corrected chi connectivity index (χ2v) is 6.90. The third-order valence-corrected chi connectivity index (χ3v) is 5.74. The van der Waals surface area contributed by atoms with Crippen molar-refractivity contribution < 1.29 is 9.47 Å². The molecule has 24 heavy (non-hydrogen) atoms. The predicted molar refractivity (Wildman–Crippen MR) is 95.5 cm³/mol. The first-order valence-electron chi connectivity index (χ1n) is 8.78. The molecular weight excluding hydrogens is 298 g/mol. The standard InChI is InChI=1S/C21H25NO2/c1-23-19-10-6-9-15-17-13-22-18(11-14-7-4-3-5-8-14)16(17)12-20(24-2)21(15)19/h3-10,16-18,20,22H,11-13H2,1-2H3. The van der Waals surface area contributed by atoms with E-state index in [0.717, 1.165) is 25.1 Å². The molecule has 4 rings (SSSR count). The van der Waals surface area contributed by atoms with E-state index in [1.807, 2.05) is 7.11 Å². The van der Waals surface area contributed by atoms with Crippen molar-refractivity contribution in [1.82, 2.24) is 5.32 Å². The molecule has 1 saturated heterocycles. The van der Waals surface area contributed by atoms with Crippen molar-refractivity contribution in [3.05, 3.63) is 65.2 Å². The number of ether oxygens (including phenoxy) is 2. The number of nitrogens with one attached hydrogen (secondary N) is 1. The quantitative estimate of drug-likeness (QED) is 0.930. The Morgan fingerprint density at radius 1 is 1.04 bits per heavy atom. The molecule has 0 saturated carbocycles. The smallest absolute Gasteiger partial charge is 0.124 e. The summed E-state index contributed by atoms with van der Waals surface area (Å²) in [5.74, 6) is 2.12. The summed E-state index contributed by atoms with van der Waals surface area (Å²) >= 11 is 0. The van der Waals surface area contributed by atoms with Gasteiger partial charge in [0.1, 0.15) is 5.75 Å². The van der Waals surface area contributed by atoms with Crippen LogP contribution in [0.3, 0.4) is 0 Å². The van der Waals surface area contributed by atoms with E-state index < -0.39 is 0 Å². The van der Waals surface area contributed by atoms with Gasteiger partial charge in [0.25, 0.3) is 0 Å². The molecule has 126 valence electrons. The van der Waals surface area contributed by atoms with E-state index in [4.69, 9.17) is 9.47 Å². The lowest BCUT2D eigenvalue weighted by Gasteiger charge is -2.36. The highest BCUT2D eigenvalue weighted by Crippen LogP contribution is 2.49. The van der Waals surface area contributed by atoms with Crippen molar-refractivity contribution in [2.24, 2.45) is 5.92 Å². The van der Waals surface area contributed by atoms with Gasteiger partial charge in [-0.15, -0.1) is 0 Å². The zero-order valence-corrected chi connectivity index (χ0v) is 14.4. The van der Waals surface area contributed by atoms with Crippen LogP contribution in [0.15, 0.2) is 48.5 Å². The number of hydrogen-bond donors (Lipinski definition) is 1. The molecular formula is C21H25NO2. The molecule has 0 radical (unpaired) electrons. The van der Waals surface area contributed by atoms with Crippen LogP contribution in [0.1, 0.15) is 35.1 Å². The Morgan fingerprint density at radius 2 is 1.88 bits per heavy atom. The molecule has 1 aliphatic heterocycles. The van der Waals surface area contributed by atoms with Gasteiger partial charge >= 0.3 is 0 Å². The second-order valence-electron chi connectivity index (χ2n) is 6.90. The Bertz CT molecular complexity index is 700. The minimum absolute atomic E-state index is 0.121. The molecule has 1 heterocycles. The van der Waals surface area contributed by atoms with Crippen molar-refractivity contribution in [2.75, 3.05) is 20.8 Å². The summed E-state index contributed by atoms with van der Waals surface area (Å²) in [6.45, 7) is 1.04. The third-order valence-electron chi connectivity index (χ3n) is 5.74. The van der Waals surface area contributed by atoms with Gasteiger partial charge < -0.3 is 14.8 Å². The first-order chi connectivity index (χ1) is 11.8. The van der Waals surface area contributed by atoms with Crippen LogP contribution in [-0.4, -0.2) is 26.8 Å². The highest BCUT2D eigenvalue weighted by molar-refractivity contribution is 5.47. The zero-order valence-electron chi connectivity index (χ0n) is 14.4. The van der Waals surface area contributed by atoms with Crippen molar-refractivity contribution in [3.63, 3.8) is 0 Å². The van der Waals surface area contributed by atoms with E-state index in [1.54, 1.807) is 7.11 Å². The summed E-state index contributed by atoms with van der Waals surface area (Å²) in [6.07, 6.45) is 2.26. The molecule has 0 aromatic heterocycles. The third kappa shape index (κ3) is 2.62.